The zero-order chi connectivity index (χ0) is 30.9. The number of aromatic nitrogens is 3. The number of alkyl halides is 2. The number of nitrogens with zero attached hydrogens (tertiary/aromatic N) is 3. The molecule has 1 aromatic carbocycles. The van der Waals surface area contributed by atoms with Crippen molar-refractivity contribution in [3.8, 4) is 11.1 Å². The standard InChI is InChI=1S/C29H30F5N3O5S/c1-14-4-3-9-35-20(14)25(28(40)5-7-29(33,34)8-6-28)43-26-22(38)21(23-24(41-26)27(2,39)42-23)37-13-16(12-36-37)15-10-17(30)19(32)18(31)11-15/h3-4,9-13,21-26,38-40H,5-8H2,1-2H3/t21?,22?,23-,24?,25-,26+,27?/m1/s1. The predicted molar refractivity (Wildman–Crippen MR) is 144 cm³/mol. The first-order valence-corrected chi connectivity index (χ1v) is 14.7. The molecular formula is C29H30F5N3O5S. The number of pyridine rings is 1. The van der Waals surface area contributed by atoms with Gasteiger partial charge in [-0.1, -0.05) is 6.07 Å². The minimum atomic E-state index is -2.91. The Morgan fingerprint density at radius 3 is 2.37 bits per heavy atom. The number of halogens is 5. The summed E-state index contributed by atoms with van der Waals surface area (Å²) in [6, 6.07) is 4.16. The van der Waals surface area contributed by atoms with Crippen LogP contribution in [0.15, 0.2) is 42.9 Å². The quantitative estimate of drug-likeness (QED) is 0.264. The molecule has 4 heterocycles. The first-order chi connectivity index (χ1) is 20.2. The molecule has 232 valence electrons. The third-order valence-corrected chi connectivity index (χ3v) is 10.2. The van der Waals surface area contributed by atoms with Crippen molar-refractivity contribution < 1.29 is 46.7 Å². The molecule has 0 bridgehead atoms. The molecule has 8 nitrogen and oxygen atoms in total. The number of thioether (sulfide) groups is 1. The van der Waals surface area contributed by atoms with Crippen LogP contribution in [0.1, 0.15) is 55.2 Å². The lowest BCUT2D eigenvalue weighted by Crippen LogP contribution is -2.72. The maximum absolute atomic E-state index is 14.1. The molecule has 7 atom stereocenters. The largest absolute Gasteiger partial charge is 0.388 e. The van der Waals surface area contributed by atoms with Crippen molar-refractivity contribution >= 4 is 11.8 Å². The fourth-order valence-electron chi connectivity index (χ4n) is 6.12. The van der Waals surface area contributed by atoms with Gasteiger partial charge in [-0.05, 0) is 56.0 Å². The lowest BCUT2D eigenvalue weighted by atomic mass is 9.79. The molecule has 6 rings (SSSR count). The Labute approximate surface area is 247 Å². The lowest BCUT2D eigenvalue weighted by Gasteiger charge is -2.57. The Hall–Kier alpha value is -2.62. The molecule has 4 unspecified atom stereocenters. The third-order valence-electron chi connectivity index (χ3n) is 8.58. The van der Waals surface area contributed by atoms with E-state index in [0.717, 1.165) is 23.9 Å². The smallest absolute Gasteiger partial charge is 0.248 e. The molecule has 1 aliphatic carbocycles. The monoisotopic (exact) mass is 627 g/mol. The molecule has 1 saturated carbocycles. The highest BCUT2D eigenvalue weighted by Crippen LogP contribution is 2.55. The van der Waals surface area contributed by atoms with E-state index in [1.165, 1.54) is 30.2 Å². The molecule has 14 heteroatoms. The van der Waals surface area contributed by atoms with Gasteiger partial charge < -0.3 is 24.8 Å². The van der Waals surface area contributed by atoms with E-state index in [2.05, 4.69) is 10.1 Å². The number of hydrogen-bond acceptors (Lipinski definition) is 8. The molecule has 3 fully saturated rings. The maximum Gasteiger partial charge on any atom is 0.248 e. The summed E-state index contributed by atoms with van der Waals surface area (Å²) >= 11 is 1.02. The summed E-state index contributed by atoms with van der Waals surface area (Å²) < 4.78 is 82.7. The van der Waals surface area contributed by atoms with E-state index < -0.39 is 82.6 Å². The van der Waals surface area contributed by atoms with Crippen LogP contribution in [0.2, 0.25) is 0 Å². The van der Waals surface area contributed by atoms with E-state index in [1.807, 2.05) is 0 Å². The molecule has 0 amide bonds. The lowest BCUT2D eigenvalue weighted by molar-refractivity contribution is -0.416. The SMILES string of the molecule is Cc1cccnc1[C@@H](S[C@@H]1OC2[C@H](OC2(C)O)C(n2cc(-c3cc(F)c(F)c(F)c3)cn2)C1O)C1(O)CCC(F)(F)CC1. The molecule has 3 aromatic rings. The molecule has 0 radical (unpaired) electrons. The Balaban J connectivity index is 1.34. The van der Waals surface area contributed by atoms with Crippen LogP contribution in [0.3, 0.4) is 0 Å². The topological polar surface area (TPSA) is 110 Å². The van der Waals surface area contributed by atoms with Crippen LogP contribution in [0.25, 0.3) is 11.1 Å². The minimum absolute atomic E-state index is 0.00946. The second kappa shape index (κ2) is 10.8. The molecule has 43 heavy (non-hydrogen) atoms. The van der Waals surface area contributed by atoms with Crippen molar-refractivity contribution in [2.45, 2.75) is 91.9 Å². The van der Waals surface area contributed by atoms with Gasteiger partial charge in [0.15, 0.2) is 23.2 Å². The molecule has 0 spiro atoms. The van der Waals surface area contributed by atoms with Crippen molar-refractivity contribution in [1.29, 1.82) is 0 Å². The molecule has 2 saturated heterocycles. The van der Waals surface area contributed by atoms with Gasteiger partial charge in [0.25, 0.3) is 0 Å². The average Bonchev–Trinajstić information content (AvgIpc) is 3.43. The fourth-order valence-corrected chi connectivity index (χ4v) is 7.76. The van der Waals surface area contributed by atoms with Gasteiger partial charge in [0.1, 0.15) is 29.8 Å². The van der Waals surface area contributed by atoms with Crippen LogP contribution in [-0.2, 0) is 9.47 Å². The van der Waals surface area contributed by atoms with Gasteiger partial charge >= 0.3 is 0 Å². The summed E-state index contributed by atoms with van der Waals surface area (Å²) in [5.41, 5.74) is -1.33. The summed E-state index contributed by atoms with van der Waals surface area (Å²) in [6.07, 6.45) is -0.452. The Kier molecular flexibility index (Phi) is 7.62. The van der Waals surface area contributed by atoms with Gasteiger partial charge in [-0.2, -0.15) is 5.10 Å². The second-order valence-electron chi connectivity index (χ2n) is 11.7. The first kappa shape index (κ1) is 30.4. The molecule has 3 aliphatic rings. The van der Waals surface area contributed by atoms with Crippen molar-refractivity contribution in [3.63, 3.8) is 0 Å². The predicted octanol–water partition coefficient (Wildman–Crippen LogP) is 4.82. The Morgan fingerprint density at radius 1 is 1.07 bits per heavy atom. The Morgan fingerprint density at radius 2 is 1.74 bits per heavy atom. The van der Waals surface area contributed by atoms with Gasteiger partial charge in [0.05, 0.1) is 22.7 Å². The highest BCUT2D eigenvalue weighted by Gasteiger charge is 2.63. The van der Waals surface area contributed by atoms with Crippen LogP contribution in [0, 0.1) is 24.4 Å². The van der Waals surface area contributed by atoms with Gasteiger partial charge in [0, 0.05) is 30.8 Å². The molecule has 3 N–H and O–H groups in total. The number of aliphatic hydroxyl groups excluding tert-OH is 1. The average molecular weight is 628 g/mol. The summed E-state index contributed by atoms with van der Waals surface area (Å²) in [6.45, 7) is 3.17. The van der Waals surface area contributed by atoms with Crippen LogP contribution in [-0.4, -0.2) is 71.1 Å². The number of fused-ring (bicyclic) bond motifs is 1. The number of ether oxygens (including phenoxy) is 2. The minimum Gasteiger partial charge on any atom is -0.388 e. The Bertz CT molecular complexity index is 1490. The van der Waals surface area contributed by atoms with E-state index in [0.29, 0.717) is 11.3 Å². The zero-order valence-electron chi connectivity index (χ0n) is 23.1. The number of benzene rings is 1. The zero-order valence-corrected chi connectivity index (χ0v) is 23.9. The van der Waals surface area contributed by atoms with Gasteiger partial charge in [-0.3, -0.25) is 9.67 Å². The van der Waals surface area contributed by atoms with E-state index in [1.54, 1.807) is 19.1 Å². The van der Waals surface area contributed by atoms with E-state index in [4.69, 9.17) is 9.47 Å². The first-order valence-electron chi connectivity index (χ1n) is 13.8. The maximum atomic E-state index is 14.1. The van der Waals surface area contributed by atoms with Crippen molar-refractivity contribution in [1.82, 2.24) is 14.8 Å². The van der Waals surface area contributed by atoms with Crippen molar-refractivity contribution in [3.05, 3.63) is 71.6 Å². The normalized spacial score (nSPS) is 32.1. The summed E-state index contributed by atoms with van der Waals surface area (Å²) in [5.74, 6) is -9.00. The molecule has 2 aliphatic heterocycles. The van der Waals surface area contributed by atoms with Gasteiger partial charge in [-0.25, -0.2) is 22.0 Å². The van der Waals surface area contributed by atoms with Crippen molar-refractivity contribution in [2.24, 2.45) is 0 Å². The molecule has 2 aromatic heterocycles. The highest BCUT2D eigenvalue weighted by atomic mass is 32.2. The summed E-state index contributed by atoms with van der Waals surface area (Å²) in [7, 11) is 0. The molecular weight excluding hydrogens is 597 g/mol. The van der Waals surface area contributed by atoms with E-state index in [9.17, 15) is 37.3 Å². The number of aryl methyl sites for hydroxylation is 1. The number of hydrogen-bond donors (Lipinski definition) is 3. The van der Waals surface area contributed by atoms with E-state index in [-0.39, 0.29) is 24.0 Å². The summed E-state index contributed by atoms with van der Waals surface area (Å²) in [5, 5.41) is 37.6. The number of rotatable bonds is 6. The van der Waals surface area contributed by atoms with Crippen molar-refractivity contribution in [2.75, 3.05) is 0 Å². The number of aliphatic hydroxyl groups is 3. The van der Waals surface area contributed by atoms with Gasteiger partial charge in [0.2, 0.25) is 5.92 Å². The van der Waals surface area contributed by atoms with Crippen LogP contribution >= 0.6 is 11.8 Å². The van der Waals surface area contributed by atoms with E-state index >= 15 is 0 Å². The van der Waals surface area contributed by atoms with Crippen LogP contribution in [0.4, 0.5) is 22.0 Å². The van der Waals surface area contributed by atoms with Crippen LogP contribution < -0.4 is 0 Å². The highest BCUT2D eigenvalue weighted by molar-refractivity contribution is 8.00. The van der Waals surface area contributed by atoms with Crippen LogP contribution in [0.5, 0.6) is 0 Å². The van der Waals surface area contributed by atoms with Gasteiger partial charge in [-0.15, -0.1) is 11.8 Å². The third kappa shape index (κ3) is 5.46. The summed E-state index contributed by atoms with van der Waals surface area (Å²) in [4.78, 5) is 4.45. The fraction of sp³-hybridized carbons (Fsp3) is 0.517. The second-order valence-corrected chi connectivity index (χ2v) is 12.9.